The summed E-state index contributed by atoms with van der Waals surface area (Å²) in [7, 11) is 0. The van der Waals surface area contributed by atoms with E-state index in [-0.39, 0.29) is 12.1 Å². The lowest BCUT2D eigenvalue weighted by molar-refractivity contribution is -0.0179. The number of carbonyl (C=O) groups is 1. The van der Waals surface area contributed by atoms with Crippen LogP contribution in [0.1, 0.15) is 30.6 Å². The first-order valence-electron chi connectivity index (χ1n) is 5.18. The predicted octanol–water partition coefficient (Wildman–Crippen LogP) is 1.47. The average molecular weight is 226 g/mol. The number of ether oxygens (including phenoxy) is 1. The molecule has 0 spiro atoms. The Bertz CT molecular complexity index is 369. The number of rotatable bonds is 2. The molecule has 2 N–H and O–H groups in total. The number of aryl methyl sites for hydroxylation is 1. The molecule has 88 valence electrons. The van der Waals surface area contributed by atoms with Gasteiger partial charge in [-0.2, -0.15) is 0 Å². The van der Waals surface area contributed by atoms with Gasteiger partial charge < -0.3 is 19.6 Å². The summed E-state index contributed by atoms with van der Waals surface area (Å²) < 4.78 is 10.9. The second-order valence-corrected chi connectivity index (χ2v) is 3.85. The van der Waals surface area contributed by atoms with Crippen molar-refractivity contribution < 1.29 is 19.1 Å². The number of hydrogen-bond donors (Lipinski definition) is 2. The van der Waals surface area contributed by atoms with Crippen molar-refractivity contribution in [3.8, 4) is 0 Å². The molecule has 0 aromatic carbocycles. The molecule has 1 saturated heterocycles. The lowest BCUT2D eigenvalue weighted by atomic mass is 10.1. The van der Waals surface area contributed by atoms with E-state index in [1.54, 1.807) is 6.20 Å². The number of amides is 1. The standard InChI is InChI=1S/C10H14N2O4/c1-6-4-11-9(16-6)8-3-2-7(5-15-8)12-10(13)14/h4,7-8,12H,2-3,5H2,1H3,(H,13,14)/t7-,8+/m1/s1. The Morgan fingerprint density at radius 2 is 2.44 bits per heavy atom. The normalized spacial score (nSPS) is 25.3. The van der Waals surface area contributed by atoms with Gasteiger partial charge in [-0.3, -0.25) is 0 Å². The highest BCUT2D eigenvalue weighted by Crippen LogP contribution is 2.27. The number of oxazole rings is 1. The molecule has 1 aliphatic rings. The fourth-order valence-electron chi connectivity index (χ4n) is 1.76. The molecule has 1 fully saturated rings. The molecular weight excluding hydrogens is 212 g/mol. The van der Waals surface area contributed by atoms with E-state index in [0.29, 0.717) is 18.9 Å². The minimum Gasteiger partial charge on any atom is -0.465 e. The highest BCUT2D eigenvalue weighted by molar-refractivity contribution is 5.64. The maximum atomic E-state index is 10.4. The van der Waals surface area contributed by atoms with Crippen LogP contribution in [0.15, 0.2) is 10.6 Å². The molecule has 0 unspecified atom stereocenters. The molecule has 0 saturated carbocycles. The van der Waals surface area contributed by atoms with Crippen LogP contribution in [0.3, 0.4) is 0 Å². The minimum absolute atomic E-state index is 0.134. The third-order valence-corrected chi connectivity index (χ3v) is 2.52. The van der Waals surface area contributed by atoms with Gasteiger partial charge in [0, 0.05) is 0 Å². The van der Waals surface area contributed by atoms with Crippen molar-refractivity contribution in [2.75, 3.05) is 6.61 Å². The number of aromatic nitrogens is 1. The molecule has 6 nitrogen and oxygen atoms in total. The smallest absolute Gasteiger partial charge is 0.404 e. The van der Waals surface area contributed by atoms with E-state index < -0.39 is 6.09 Å². The Kier molecular flexibility index (Phi) is 3.09. The second-order valence-electron chi connectivity index (χ2n) is 3.85. The molecule has 0 radical (unpaired) electrons. The van der Waals surface area contributed by atoms with Gasteiger partial charge in [-0.15, -0.1) is 0 Å². The molecular formula is C10H14N2O4. The molecule has 2 atom stereocenters. The van der Waals surface area contributed by atoms with Crippen molar-refractivity contribution in [2.24, 2.45) is 0 Å². The van der Waals surface area contributed by atoms with Crippen molar-refractivity contribution >= 4 is 6.09 Å². The molecule has 16 heavy (non-hydrogen) atoms. The van der Waals surface area contributed by atoms with Crippen molar-refractivity contribution in [2.45, 2.75) is 31.9 Å². The first kappa shape index (κ1) is 10.9. The van der Waals surface area contributed by atoms with Gasteiger partial charge in [0.2, 0.25) is 5.89 Å². The summed E-state index contributed by atoms with van der Waals surface area (Å²) in [6.07, 6.45) is 1.93. The van der Waals surface area contributed by atoms with Crippen molar-refractivity contribution in [3.63, 3.8) is 0 Å². The average Bonchev–Trinajstić information content (AvgIpc) is 2.65. The van der Waals surface area contributed by atoms with Crippen LogP contribution in [-0.2, 0) is 4.74 Å². The zero-order valence-electron chi connectivity index (χ0n) is 8.97. The third kappa shape index (κ3) is 2.52. The van der Waals surface area contributed by atoms with E-state index in [1.807, 2.05) is 6.92 Å². The Morgan fingerprint density at radius 3 is 2.94 bits per heavy atom. The van der Waals surface area contributed by atoms with E-state index >= 15 is 0 Å². The SMILES string of the molecule is Cc1cnc([C@@H]2CC[C@@H](NC(=O)O)CO2)o1. The molecule has 0 bridgehead atoms. The zero-order valence-corrected chi connectivity index (χ0v) is 8.97. The maximum Gasteiger partial charge on any atom is 0.404 e. The summed E-state index contributed by atoms with van der Waals surface area (Å²) in [6, 6.07) is -0.134. The number of nitrogens with one attached hydrogen (secondary N) is 1. The van der Waals surface area contributed by atoms with Crippen LogP contribution in [0, 0.1) is 6.92 Å². The molecule has 1 amide bonds. The summed E-state index contributed by atoms with van der Waals surface area (Å²) in [5.74, 6) is 1.33. The van der Waals surface area contributed by atoms with E-state index in [9.17, 15) is 4.79 Å². The topological polar surface area (TPSA) is 84.6 Å². The van der Waals surface area contributed by atoms with Gasteiger partial charge in [-0.1, -0.05) is 0 Å². The molecule has 1 aliphatic heterocycles. The van der Waals surface area contributed by atoms with Crippen LogP contribution in [0.5, 0.6) is 0 Å². The van der Waals surface area contributed by atoms with Gasteiger partial charge in [-0.05, 0) is 19.8 Å². The molecule has 0 aliphatic carbocycles. The van der Waals surface area contributed by atoms with Gasteiger partial charge in [0.05, 0.1) is 18.8 Å². The second kappa shape index (κ2) is 4.52. The summed E-state index contributed by atoms with van der Waals surface area (Å²) in [5.41, 5.74) is 0. The third-order valence-electron chi connectivity index (χ3n) is 2.52. The highest BCUT2D eigenvalue weighted by Gasteiger charge is 2.26. The fraction of sp³-hybridized carbons (Fsp3) is 0.600. The monoisotopic (exact) mass is 226 g/mol. The van der Waals surface area contributed by atoms with Crippen molar-refractivity contribution in [3.05, 3.63) is 17.8 Å². The van der Waals surface area contributed by atoms with Crippen LogP contribution in [-0.4, -0.2) is 28.8 Å². The maximum absolute atomic E-state index is 10.4. The molecule has 2 heterocycles. The first-order valence-corrected chi connectivity index (χ1v) is 5.18. The number of hydrogen-bond acceptors (Lipinski definition) is 4. The number of nitrogens with zero attached hydrogens (tertiary/aromatic N) is 1. The van der Waals surface area contributed by atoms with Crippen LogP contribution in [0.25, 0.3) is 0 Å². The summed E-state index contributed by atoms with van der Waals surface area (Å²) in [6.45, 7) is 2.19. The summed E-state index contributed by atoms with van der Waals surface area (Å²) >= 11 is 0. The first-order chi connectivity index (χ1) is 7.65. The van der Waals surface area contributed by atoms with Gasteiger partial charge in [-0.25, -0.2) is 9.78 Å². The quantitative estimate of drug-likeness (QED) is 0.797. The Morgan fingerprint density at radius 1 is 1.62 bits per heavy atom. The minimum atomic E-state index is -1.01. The number of carboxylic acid groups (broad SMARTS) is 1. The van der Waals surface area contributed by atoms with E-state index in [1.165, 1.54) is 0 Å². The lowest BCUT2D eigenvalue weighted by Gasteiger charge is -2.26. The van der Waals surface area contributed by atoms with Gasteiger partial charge in [0.25, 0.3) is 0 Å². The molecule has 1 aromatic rings. The van der Waals surface area contributed by atoms with Crippen LogP contribution in [0.4, 0.5) is 4.79 Å². The van der Waals surface area contributed by atoms with Crippen molar-refractivity contribution in [1.82, 2.24) is 10.3 Å². The van der Waals surface area contributed by atoms with Gasteiger partial charge in [0.1, 0.15) is 11.9 Å². The molecule has 2 rings (SSSR count). The Labute approximate surface area is 92.6 Å². The zero-order chi connectivity index (χ0) is 11.5. The molecule has 6 heteroatoms. The Hall–Kier alpha value is -1.56. The van der Waals surface area contributed by atoms with Crippen LogP contribution >= 0.6 is 0 Å². The van der Waals surface area contributed by atoms with Crippen molar-refractivity contribution in [1.29, 1.82) is 0 Å². The summed E-state index contributed by atoms with van der Waals surface area (Å²) in [4.78, 5) is 14.5. The van der Waals surface area contributed by atoms with E-state index in [4.69, 9.17) is 14.3 Å². The van der Waals surface area contributed by atoms with Gasteiger partial charge in [0.15, 0.2) is 0 Å². The van der Waals surface area contributed by atoms with E-state index in [2.05, 4.69) is 10.3 Å². The fourth-order valence-corrected chi connectivity index (χ4v) is 1.76. The molecule has 1 aromatic heterocycles. The summed E-state index contributed by atoms with van der Waals surface area (Å²) in [5, 5.41) is 11.0. The van der Waals surface area contributed by atoms with E-state index in [0.717, 1.165) is 12.2 Å². The van der Waals surface area contributed by atoms with Gasteiger partial charge >= 0.3 is 6.09 Å². The largest absolute Gasteiger partial charge is 0.465 e. The lowest BCUT2D eigenvalue weighted by Crippen LogP contribution is -2.40. The Balaban J connectivity index is 1.87. The highest BCUT2D eigenvalue weighted by atomic mass is 16.5. The van der Waals surface area contributed by atoms with Crippen LogP contribution < -0.4 is 5.32 Å². The van der Waals surface area contributed by atoms with Crippen LogP contribution in [0.2, 0.25) is 0 Å². The predicted molar refractivity (Wildman–Crippen MR) is 54.1 cm³/mol.